The van der Waals surface area contributed by atoms with Crippen LogP contribution in [0, 0.1) is 11.8 Å². The zero-order valence-electron chi connectivity index (χ0n) is 12.9. The number of nitrogens with one attached hydrogen (secondary N) is 1. The van der Waals surface area contributed by atoms with Crippen LogP contribution in [0.4, 0.5) is 5.95 Å². The Hall–Kier alpha value is -1.03. The number of hydrogen-bond donors (Lipinski definition) is 1. The summed E-state index contributed by atoms with van der Waals surface area (Å²) in [5, 5.41) is 3.69. The average Bonchev–Trinajstić information content (AvgIpc) is 3.09. The molecule has 2 aliphatic heterocycles. The minimum atomic E-state index is 0.667. The number of rotatable bonds is 4. The van der Waals surface area contributed by atoms with E-state index in [1.807, 2.05) is 6.20 Å². The number of nitrogens with zero attached hydrogens (tertiary/aromatic N) is 3. The number of anilines is 1. The van der Waals surface area contributed by atoms with Gasteiger partial charge in [-0.25, -0.2) is 4.98 Å². The van der Waals surface area contributed by atoms with Crippen molar-refractivity contribution in [3.63, 3.8) is 0 Å². The summed E-state index contributed by atoms with van der Waals surface area (Å²) in [6, 6.07) is 0.742. The van der Waals surface area contributed by atoms with Crippen molar-refractivity contribution in [3.8, 4) is 0 Å². The summed E-state index contributed by atoms with van der Waals surface area (Å²) in [7, 11) is 0. The second-order valence-corrected chi connectivity index (χ2v) is 6.82. The quantitative estimate of drug-likeness (QED) is 0.917. The Morgan fingerprint density at radius 3 is 3.00 bits per heavy atom. The summed E-state index contributed by atoms with van der Waals surface area (Å²) in [5.74, 6) is 2.65. The van der Waals surface area contributed by atoms with E-state index >= 15 is 0 Å². The third-order valence-corrected chi connectivity index (χ3v) is 4.66. The Morgan fingerprint density at radius 1 is 1.35 bits per heavy atom. The van der Waals surface area contributed by atoms with Crippen molar-refractivity contribution in [3.05, 3.63) is 12.4 Å². The monoisotopic (exact) mass is 276 g/mol. The summed E-state index contributed by atoms with van der Waals surface area (Å²) in [6.07, 6.45) is 9.47. The molecule has 1 aromatic rings. The molecule has 20 heavy (non-hydrogen) atoms. The molecule has 112 valence electrons. The highest BCUT2D eigenvalue weighted by Gasteiger charge is 2.30. The molecule has 0 amide bonds. The second-order valence-electron chi connectivity index (χ2n) is 6.82. The van der Waals surface area contributed by atoms with E-state index in [4.69, 9.17) is 0 Å². The van der Waals surface area contributed by atoms with Crippen LogP contribution in [0.15, 0.2) is 12.4 Å². The molecule has 2 saturated heterocycles. The lowest BCUT2D eigenvalue weighted by Crippen LogP contribution is -2.44. The van der Waals surface area contributed by atoms with Crippen molar-refractivity contribution < 1.29 is 0 Å². The van der Waals surface area contributed by atoms with Gasteiger partial charge >= 0.3 is 0 Å². The second kappa shape index (κ2) is 6.17. The van der Waals surface area contributed by atoms with E-state index in [1.54, 1.807) is 0 Å². The predicted molar refractivity (Wildman–Crippen MR) is 83.0 cm³/mol. The summed E-state index contributed by atoms with van der Waals surface area (Å²) in [6.45, 7) is 9.16. The molecular weight excluding hydrogens is 248 g/mol. The van der Waals surface area contributed by atoms with Gasteiger partial charge in [0.25, 0.3) is 0 Å². The highest BCUT2D eigenvalue weighted by atomic mass is 15.3. The molecule has 4 nitrogen and oxygen atoms in total. The summed E-state index contributed by atoms with van der Waals surface area (Å²) >= 11 is 0. The summed E-state index contributed by atoms with van der Waals surface area (Å²) < 4.78 is 2.33. The maximum absolute atomic E-state index is 4.62. The molecule has 2 unspecified atom stereocenters. The topological polar surface area (TPSA) is 33.1 Å². The largest absolute Gasteiger partial charge is 0.342 e. The van der Waals surface area contributed by atoms with Crippen LogP contribution < -0.4 is 10.2 Å². The van der Waals surface area contributed by atoms with Crippen LogP contribution in [0.5, 0.6) is 0 Å². The molecule has 0 spiro atoms. The number of imidazole rings is 1. The fourth-order valence-electron chi connectivity index (χ4n) is 3.75. The first-order chi connectivity index (χ1) is 9.74. The van der Waals surface area contributed by atoms with Crippen LogP contribution in [0.25, 0.3) is 0 Å². The first-order valence-electron chi connectivity index (χ1n) is 8.23. The third kappa shape index (κ3) is 3.00. The van der Waals surface area contributed by atoms with Crippen molar-refractivity contribution in [1.29, 1.82) is 0 Å². The lowest BCUT2D eigenvalue weighted by Gasteiger charge is -2.36. The summed E-state index contributed by atoms with van der Waals surface area (Å²) in [5.41, 5.74) is 0. The van der Waals surface area contributed by atoms with Crippen LogP contribution in [-0.2, 0) is 6.54 Å². The highest BCUT2D eigenvalue weighted by Crippen LogP contribution is 2.27. The van der Waals surface area contributed by atoms with Crippen molar-refractivity contribution in [2.45, 2.75) is 52.1 Å². The molecule has 0 radical (unpaired) electrons. The smallest absolute Gasteiger partial charge is 0.205 e. The molecule has 0 saturated carbocycles. The number of hydrogen-bond acceptors (Lipinski definition) is 3. The van der Waals surface area contributed by atoms with E-state index < -0.39 is 0 Å². The molecule has 3 heterocycles. The van der Waals surface area contributed by atoms with Gasteiger partial charge in [0, 0.05) is 38.1 Å². The lowest BCUT2D eigenvalue weighted by atomic mass is 9.90. The van der Waals surface area contributed by atoms with Gasteiger partial charge in [-0.2, -0.15) is 0 Å². The van der Waals surface area contributed by atoms with Crippen molar-refractivity contribution >= 4 is 5.95 Å². The molecule has 1 N–H and O–H groups in total. The van der Waals surface area contributed by atoms with Crippen LogP contribution >= 0.6 is 0 Å². The van der Waals surface area contributed by atoms with Crippen molar-refractivity contribution in [2.24, 2.45) is 11.8 Å². The standard InChI is InChI=1S/C16H28N4/c1-13(2)11-20-10-8-18-16(20)19-9-4-5-14(12-19)15-6-3-7-17-15/h8,10,13-15,17H,3-7,9,11-12H2,1-2H3. The number of piperidine rings is 1. The van der Waals surface area contributed by atoms with E-state index in [-0.39, 0.29) is 0 Å². The minimum Gasteiger partial charge on any atom is -0.342 e. The molecule has 2 atom stereocenters. The van der Waals surface area contributed by atoms with E-state index in [9.17, 15) is 0 Å². The molecule has 1 aromatic heterocycles. The SMILES string of the molecule is CC(C)Cn1ccnc1N1CCCC(C2CCCN2)C1. The van der Waals surface area contributed by atoms with Gasteiger partial charge in [0.2, 0.25) is 5.95 Å². The maximum Gasteiger partial charge on any atom is 0.205 e. The van der Waals surface area contributed by atoms with Gasteiger partial charge in [-0.3, -0.25) is 0 Å². The van der Waals surface area contributed by atoms with Gasteiger partial charge in [-0.15, -0.1) is 0 Å². The molecule has 2 aliphatic rings. The van der Waals surface area contributed by atoms with Gasteiger partial charge in [0.1, 0.15) is 0 Å². The maximum atomic E-state index is 4.62. The van der Waals surface area contributed by atoms with E-state index in [2.05, 4.69) is 39.8 Å². The predicted octanol–water partition coefficient (Wildman–Crippen LogP) is 2.51. The molecule has 0 aliphatic carbocycles. The van der Waals surface area contributed by atoms with Crippen LogP contribution in [0.3, 0.4) is 0 Å². The number of aromatic nitrogens is 2. The Balaban J connectivity index is 1.68. The van der Waals surface area contributed by atoms with Crippen molar-refractivity contribution in [1.82, 2.24) is 14.9 Å². The van der Waals surface area contributed by atoms with Gasteiger partial charge in [-0.1, -0.05) is 13.8 Å². The molecule has 2 fully saturated rings. The normalized spacial score (nSPS) is 27.4. The Morgan fingerprint density at radius 2 is 2.25 bits per heavy atom. The van der Waals surface area contributed by atoms with E-state index in [1.165, 1.54) is 51.3 Å². The zero-order valence-corrected chi connectivity index (χ0v) is 12.9. The van der Waals surface area contributed by atoms with Gasteiger partial charge in [-0.05, 0) is 44.1 Å². The molecule has 0 aromatic carbocycles. The summed E-state index contributed by atoms with van der Waals surface area (Å²) in [4.78, 5) is 7.13. The van der Waals surface area contributed by atoms with Crippen LogP contribution in [0.1, 0.15) is 39.5 Å². The lowest BCUT2D eigenvalue weighted by molar-refractivity contribution is 0.324. The minimum absolute atomic E-state index is 0.667. The molecule has 4 heteroatoms. The Kier molecular flexibility index (Phi) is 4.29. The highest BCUT2D eigenvalue weighted by molar-refractivity contribution is 5.32. The van der Waals surface area contributed by atoms with Gasteiger partial charge in [0.05, 0.1) is 0 Å². The third-order valence-electron chi connectivity index (χ3n) is 4.66. The molecular formula is C16H28N4. The fraction of sp³-hybridized carbons (Fsp3) is 0.812. The molecule has 3 rings (SSSR count). The average molecular weight is 276 g/mol. The van der Waals surface area contributed by atoms with Gasteiger partial charge < -0.3 is 14.8 Å². The molecule has 0 bridgehead atoms. The van der Waals surface area contributed by atoms with E-state index in [0.29, 0.717) is 5.92 Å². The Bertz CT molecular complexity index is 420. The van der Waals surface area contributed by atoms with Gasteiger partial charge in [0.15, 0.2) is 0 Å². The first kappa shape index (κ1) is 13.9. The van der Waals surface area contributed by atoms with Crippen LogP contribution in [-0.4, -0.2) is 35.2 Å². The van der Waals surface area contributed by atoms with Crippen molar-refractivity contribution in [2.75, 3.05) is 24.5 Å². The zero-order chi connectivity index (χ0) is 13.9. The van der Waals surface area contributed by atoms with E-state index in [0.717, 1.165) is 18.5 Å². The first-order valence-corrected chi connectivity index (χ1v) is 8.23. The fourth-order valence-corrected chi connectivity index (χ4v) is 3.75. The Labute approximate surface area is 122 Å². The van der Waals surface area contributed by atoms with Crippen LogP contribution in [0.2, 0.25) is 0 Å².